The molecule has 1 N–H and O–H groups in total. The highest BCUT2D eigenvalue weighted by atomic mass is 16.5. The fourth-order valence-electron chi connectivity index (χ4n) is 5.55. The van der Waals surface area contributed by atoms with Crippen molar-refractivity contribution < 1.29 is 5.21 Å². The predicted octanol–water partition coefficient (Wildman–Crippen LogP) is 7.68. The molecule has 6 aromatic carbocycles. The van der Waals surface area contributed by atoms with E-state index in [0.717, 1.165) is 11.3 Å². The molecule has 0 saturated carbocycles. The van der Waals surface area contributed by atoms with Gasteiger partial charge in [-0.2, -0.15) is 0 Å². The second-order valence-electron chi connectivity index (χ2n) is 8.32. The second-order valence-corrected chi connectivity index (χ2v) is 8.32. The van der Waals surface area contributed by atoms with Crippen LogP contribution in [0.15, 0.2) is 97.1 Å². The lowest BCUT2D eigenvalue weighted by atomic mass is 9.82. The molecule has 0 aromatic heterocycles. The van der Waals surface area contributed by atoms with Gasteiger partial charge < -0.3 is 0 Å². The summed E-state index contributed by atoms with van der Waals surface area (Å²) in [5.41, 5.74) is 4.38. The van der Waals surface area contributed by atoms with Crippen LogP contribution in [0.4, 0.5) is 5.69 Å². The first kappa shape index (κ1) is 16.9. The lowest BCUT2D eigenvalue weighted by molar-refractivity contribution is 0.249. The summed E-state index contributed by atoms with van der Waals surface area (Å²) in [5.74, 6) is 0. The number of para-hydroxylation sites is 1. The molecule has 1 heterocycles. The van der Waals surface area contributed by atoms with E-state index < -0.39 is 0 Å². The molecule has 2 heteroatoms. The van der Waals surface area contributed by atoms with Crippen LogP contribution in [-0.2, 0) is 6.54 Å². The summed E-state index contributed by atoms with van der Waals surface area (Å²) in [4.78, 5) is 0. The van der Waals surface area contributed by atoms with Crippen molar-refractivity contribution in [1.29, 1.82) is 0 Å². The van der Waals surface area contributed by atoms with Gasteiger partial charge in [0.25, 0.3) is 0 Å². The van der Waals surface area contributed by atoms with Gasteiger partial charge in [0, 0.05) is 5.56 Å². The summed E-state index contributed by atoms with van der Waals surface area (Å²) in [5, 5.41) is 22.4. The Labute approximate surface area is 179 Å². The summed E-state index contributed by atoms with van der Waals surface area (Å²) in [6.45, 7) is 0.468. The minimum atomic E-state index is 0.468. The van der Waals surface area contributed by atoms with Gasteiger partial charge >= 0.3 is 0 Å². The number of hydroxylamine groups is 1. The Bertz CT molecular complexity index is 1680. The molecule has 0 spiro atoms. The summed E-state index contributed by atoms with van der Waals surface area (Å²) >= 11 is 0. The number of rotatable bonds is 0. The van der Waals surface area contributed by atoms with Crippen molar-refractivity contribution in [3.8, 4) is 11.1 Å². The fourth-order valence-corrected chi connectivity index (χ4v) is 5.55. The van der Waals surface area contributed by atoms with Crippen molar-refractivity contribution in [2.45, 2.75) is 6.54 Å². The smallest absolute Gasteiger partial charge is 0.0716 e. The first-order valence-corrected chi connectivity index (χ1v) is 10.7. The van der Waals surface area contributed by atoms with E-state index in [9.17, 15) is 5.21 Å². The highest BCUT2D eigenvalue weighted by Gasteiger charge is 2.27. The van der Waals surface area contributed by atoms with Gasteiger partial charge in [0.1, 0.15) is 0 Å². The molecule has 1 aliphatic heterocycles. The van der Waals surface area contributed by atoms with E-state index in [-0.39, 0.29) is 0 Å². The quantitative estimate of drug-likeness (QED) is 0.266. The number of nitrogens with zero attached hydrogens (tertiary/aromatic N) is 1. The van der Waals surface area contributed by atoms with Crippen molar-refractivity contribution >= 4 is 48.8 Å². The first-order chi connectivity index (χ1) is 15.3. The lowest BCUT2D eigenvalue weighted by Crippen LogP contribution is -2.22. The van der Waals surface area contributed by atoms with Crippen molar-refractivity contribution in [1.82, 2.24) is 0 Å². The SMILES string of the molecule is ON1Cc2c(c3ccccc3c3c4ccccc4c4ccccc4c23)-c2ccccc21. The maximum Gasteiger partial charge on any atom is 0.0716 e. The Morgan fingerprint density at radius 3 is 1.68 bits per heavy atom. The van der Waals surface area contributed by atoms with E-state index in [0.29, 0.717) is 6.54 Å². The van der Waals surface area contributed by atoms with E-state index in [1.807, 2.05) is 12.1 Å². The molecule has 0 unspecified atom stereocenters. The van der Waals surface area contributed by atoms with Crippen molar-refractivity contribution in [2.24, 2.45) is 0 Å². The number of hydrogen-bond donors (Lipinski definition) is 1. The molecule has 0 amide bonds. The monoisotopic (exact) mass is 397 g/mol. The fraction of sp³-hybridized carbons (Fsp3) is 0.0345. The van der Waals surface area contributed by atoms with E-state index in [1.165, 1.54) is 59.3 Å². The average Bonchev–Trinajstić information content (AvgIpc) is 2.84. The van der Waals surface area contributed by atoms with Gasteiger partial charge in [-0.3, -0.25) is 10.3 Å². The number of anilines is 1. The minimum absolute atomic E-state index is 0.468. The Kier molecular flexibility index (Phi) is 3.30. The molecular weight excluding hydrogens is 378 g/mol. The van der Waals surface area contributed by atoms with Crippen LogP contribution < -0.4 is 5.06 Å². The van der Waals surface area contributed by atoms with Crippen LogP contribution in [0, 0.1) is 0 Å². The minimum Gasteiger partial charge on any atom is -0.288 e. The number of benzene rings is 6. The molecule has 0 bridgehead atoms. The topological polar surface area (TPSA) is 23.5 Å². The molecular formula is C29H19NO. The highest BCUT2D eigenvalue weighted by Crippen LogP contribution is 2.49. The van der Waals surface area contributed by atoms with Crippen molar-refractivity contribution in [2.75, 3.05) is 5.06 Å². The largest absolute Gasteiger partial charge is 0.288 e. The van der Waals surface area contributed by atoms with E-state index in [4.69, 9.17) is 0 Å². The van der Waals surface area contributed by atoms with Gasteiger partial charge in [-0.1, -0.05) is 91.0 Å². The third-order valence-electron chi connectivity index (χ3n) is 6.76. The van der Waals surface area contributed by atoms with Crippen molar-refractivity contribution in [3.63, 3.8) is 0 Å². The van der Waals surface area contributed by atoms with Crippen LogP contribution in [0.5, 0.6) is 0 Å². The summed E-state index contributed by atoms with van der Waals surface area (Å²) in [7, 11) is 0. The summed E-state index contributed by atoms with van der Waals surface area (Å²) < 4.78 is 0. The average molecular weight is 397 g/mol. The molecule has 6 aromatic rings. The van der Waals surface area contributed by atoms with Gasteiger partial charge in [0.2, 0.25) is 0 Å². The maximum absolute atomic E-state index is 11.0. The molecule has 2 nitrogen and oxygen atoms in total. The van der Waals surface area contributed by atoms with Crippen LogP contribution >= 0.6 is 0 Å². The molecule has 0 fully saturated rings. The van der Waals surface area contributed by atoms with Crippen LogP contribution in [0.3, 0.4) is 0 Å². The molecule has 0 aliphatic carbocycles. The lowest BCUT2D eigenvalue weighted by Gasteiger charge is -2.31. The number of fused-ring (bicyclic) bond motifs is 13. The Balaban J connectivity index is 1.86. The molecule has 0 saturated heterocycles. The molecule has 7 rings (SSSR count). The Hall–Kier alpha value is -3.88. The van der Waals surface area contributed by atoms with E-state index in [1.54, 1.807) is 0 Å². The normalized spacial score (nSPS) is 13.1. The van der Waals surface area contributed by atoms with Crippen molar-refractivity contribution in [3.05, 3.63) is 103 Å². The maximum atomic E-state index is 11.0. The van der Waals surface area contributed by atoms with E-state index >= 15 is 0 Å². The van der Waals surface area contributed by atoms with Gasteiger partial charge in [-0.15, -0.1) is 0 Å². The predicted molar refractivity (Wildman–Crippen MR) is 130 cm³/mol. The highest BCUT2D eigenvalue weighted by molar-refractivity contribution is 6.34. The van der Waals surface area contributed by atoms with Crippen LogP contribution in [0.25, 0.3) is 54.2 Å². The molecule has 146 valence electrons. The van der Waals surface area contributed by atoms with Gasteiger partial charge in [0.15, 0.2) is 0 Å². The summed E-state index contributed by atoms with van der Waals surface area (Å²) in [6.07, 6.45) is 0. The molecule has 0 atom stereocenters. The third kappa shape index (κ3) is 2.15. The zero-order chi connectivity index (χ0) is 20.5. The zero-order valence-electron chi connectivity index (χ0n) is 16.8. The standard InChI is InChI=1S/C29H19NO/c31-30-17-25-27(24-15-7-8-16-26(24)30)22-13-5-6-14-23(22)28-20-11-3-1-9-18(20)19-10-2-4-12-21(19)29(25)28/h1-16,31H,17H2. The van der Waals surface area contributed by atoms with Gasteiger partial charge in [0.05, 0.1) is 12.2 Å². The van der Waals surface area contributed by atoms with Crippen LogP contribution in [-0.4, -0.2) is 5.21 Å². The Morgan fingerprint density at radius 2 is 1.00 bits per heavy atom. The van der Waals surface area contributed by atoms with Crippen LogP contribution in [0.1, 0.15) is 5.56 Å². The molecule has 31 heavy (non-hydrogen) atoms. The summed E-state index contributed by atoms with van der Waals surface area (Å²) in [6, 6.07) is 34.2. The number of hydrogen-bond acceptors (Lipinski definition) is 2. The Morgan fingerprint density at radius 1 is 0.516 bits per heavy atom. The first-order valence-electron chi connectivity index (χ1n) is 10.7. The molecule has 0 radical (unpaired) electrons. The third-order valence-corrected chi connectivity index (χ3v) is 6.76. The van der Waals surface area contributed by atoms with Gasteiger partial charge in [-0.05, 0) is 60.3 Å². The van der Waals surface area contributed by atoms with Crippen LogP contribution in [0.2, 0.25) is 0 Å². The molecule has 1 aliphatic rings. The van der Waals surface area contributed by atoms with E-state index in [2.05, 4.69) is 84.9 Å². The second kappa shape index (κ2) is 6.07. The van der Waals surface area contributed by atoms with Gasteiger partial charge in [-0.25, -0.2) is 0 Å². The zero-order valence-corrected chi connectivity index (χ0v) is 16.8.